The summed E-state index contributed by atoms with van der Waals surface area (Å²) < 4.78 is 12.8. The van der Waals surface area contributed by atoms with E-state index in [0.717, 1.165) is 51.6 Å². The molecule has 0 N–H and O–H groups in total. The smallest absolute Gasteiger partial charge is 0.191 e. The number of nitrogens with zero attached hydrogens (tertiary/aromatic N) is 4. The molecular weight excluding hydrogens is 324 g/mol. The second-order valence-corrected chi connectivity index (χ2v) is 6.28. The number of hydrogen-bond donors (Lipinski definition) is 0. The van der Waals surface area contributed by atoms with Crippen molar-refractivity contribution in [2.45, 2.75) is 38.2 Å². The molecule has 0 saturated carbocycles. The van der Waals surface area contributed by atoms with Crippen LogP contribution in [0.15, 0.2) is 33.9 Å². The molecule has 0 fully saturated rings. The number of para-hydroxylation sites is 1. The van der Waals surface area contributed by atoms with Crippen molar-refractivity contribution >= 4 is 11.8 Å². The van der Waals surface area contributed by atoms with Gasteiger partial charge in [-0.25, -0.2) is 0 Å². The molecule has 0 unspecified atom stereocenters. The standard InChI is InChI=1S/C17H20N4O2S/c1-5-21-16(13-8-6-7-9-15(13)22-4)18-19-17(21)24-10-14-11(2)20-23-12(14)3/h6-9H,5,10H2,1-4H3. The highest BCUT2D eigenvalue weighted by molar-refractivity contribution is 7.98. The molecule has 6 nitrogen and oxygen atoms in total. The van der Waals surface area contributed by atoms with E-state index in [1.807, 2.05) is 38.1 Å². The van der Waals surface area contributed by atoms with Gasteiger partial charge in [-0.1, -0.05) is 29.1 Å². The van der Waals surface area contributed by atoms with Crippen LogP contribution in [0.25, 0.3) is 11.4 Å². The molecule has 3 aromatic rings. The Morgan fingerprint density at radius 3 is 2.67 bits per heavy atom. The van der Waals surface area contributed by atoms with Crippen molar-refractivity contribution in [2.24, 2.45) is 0 Å². The van der Waals surface area contributed by atoms with Crippen LogP contribution in [-0.4, -0.2) is 27.0 Å². The molecule has 0 aliphatic carbocycles. The second-order valence-electron chi connectivity index (χ2n) is 5.34. The van der Waals surface area contributed by atoms with Gasteiger partial charge in [0.05, 0.1) is 18.4 Å². The summed E-state index contributed by atoms with van der Waals surface area (Å²) in [4.78, 5) is 0. The maximum Gasteiger partial charge on any atom is 0.191 e. The van der Waals surface area contributed by atoms with Gasteiger partial charge in [-0.2, -0.15) is 0 Å². The van der Waals surface area contributed by atoms with Gasteiger partial charge in [-0.3, -0.25) is 0 Å². The Bertz CT molecular complexity index is 821. The number of methoxy groups -OCH3 is 1. The number of rotatable bonds is 6. The molecule has 7 heteroatoms. The molecule has 0 aliphatic heterocycles. The molecule has 0 radical (unpaired) electrons. The summed E-state index contributed by atoms with van der Waals surface area (Å²) in [5.74, 6) is 3.22. The molecule has 2 aromatic heterocycles. The van der Waals surface area contributed by atoms with Crippen LogP contribution in [0.4, 0.5) is 0 Å². The van der Waals surface area contributed by atoms with Crippen LogP contribution in [0.1, 0.15) is 23.9 Å². The van der Waals surface area contributed by atoms with E-state index in [1.54, 1.807) is 18.9 Å². The predicted molar refractivity (Wildman–Crippen MR) is 93.2 cm³/mol. The van der Waals surface area contributed by atoms with E-state index in [4.69, 9.17) is 9.26 Å². The summed E-state index contributed by atoms with van der Waals surface area (Å²) in [5.41, 5.74) is 2.98. The molecule has 1 aromatic carbocycles. The fourth-order valence-corrected chi connectivity index (χ4v) is 3.71. The molecule has 3 rings (SSSR count). The van der Waals surface area contributed by atoms with Gasteiger partial charge in [0, 0.05) is 17.9 Å². The van der Waals surface area contributed by atoms with E-state index < -0.39 is 0 Å². The van der Waals surface area contributed by atoms with Gasteiger partial charge in [0.2, 0.25) is 0 Å². The highest BCUT2D eigenvalue weighted by Gasteiger charge is 2.17. The van der Waals surface area contributed by atoms with Crippen LogP contribution in [-0.2, 0) is 12.3 Å². The summed E-state index contributed by atoms with van der Waals surface area (Å²) in [6.45, 7) is 6.75. The molecule has 0 bridgehead atoms. The van der Waals surface area contributed by atoms with E-state index in [2.05, 4.69) is 26.8 Å². The van der Waals surface area contributed by atoms with E-state index in [0.29, 0.717) is 0 Å². The van der Waals surface area contributed by atoms with Gasteiger partial charge in [0.15, 0.2) is 11.0 Å². The average molecular weight is 344 g/mol. The van der Waals surface area contributed by atoms with Crippen LogP contribution >= 0.6 is 11.8 Å². The van der Waals surface area contributed by atoms with Crippen LogP contribution in [0, 0.1) is 13.8 Å². The summed E-state index contributed by atoms with van der Waals surface area (Å²) in [5, 5.41) is 13.6. The van der Waals surface area contributed by atoms with E-state index in [9.17, 15) is 0 Å². The Morgan fingerprint density at radius 1 is 1.21 bits per heavy atom. The lowest BCUT2D eigenvalue weighted by Gasteiger charge is -2.10. The lowest BCUT2D eigenvalue weighted by atomic mass is 10.2. The molecular formula is C17H20N4O2S. The van der Waals surface area contributed by atoms with Gasteiger partial charge in [0.25, 0.3) is 0 Å². The first-order valence-corrected chi connectivity index (χ1v) is 8.75. The molecule has 0 amide bonds. The molecule has 126 valence electrons. The molecule has 0 saturated heterocycles. The van der Waals surface area contributed by atoms with Crippen LogP contribution in [0.3, 0.4) is 0 Å². The van der Waals surface area contributed by atoms with Crippen LogP contribution in [0.2, 0.25) is 0 Å². The fourth-order valence-electron chi connectivity index (χ4n) is 2.55. The monoisotopic (exact) mass is 344 g/mol. The number of hydrogen-bond acceptors (Lipinski definition) is 6. The summed E-state index contributed by atoms with van der Waals surface area (Å²) >= 11 is 1.64. The van der Waals surface area contributed by atoms with E-state index in [1.165, 1.54) is 0 Å². The zero-order valence-corrected chi connectivity index (χ0v) is 15.1. The maximum absolute atomic E-state index is 5.45. The highest BCUT2D eigenvalue weighted by atomic mass is 32.2. The normalized spacial score (nSPS) is 11.0. The maximum atomic E-state index is 5.45. The predicted octanol–water partition coefficient (Wildman–Crippen LogP) is 3.87. The lowest BCUT2D eigenvalue weighted by molar-refractivity contribution is 0.392. The second kappa shape index (κ2) is 7.09. The topological polar surface area (TPSA) is 66.0 Å². The Labute approximate surface area is 145 Å². The van der Waals surface area contributed by atoms with Gasteiger partial charge in [-0.05, 0) is 32.9 Å². The first-order valence-electron chi connectivity index (χ1n) is 7.76. The third-order valence-corrected chi connectivity index (χ3v) is 4.90. The van der Waals surface area contributed by atoms with Gasteiger partial charge in [0.1, 0.15) is 11.5 Å². The Morgan fingerprint density at radius 2 is 2.00 bits per heavy atom. The largest absolute Gasteiger partial charge is 0.496 e. The summed E-state index contributed by atoms with van der Waals surface area (Å²) in [6.07, 6.45) is 0. The molecule has 0 spiro atoms. The SMILES string of the molecule is CCn1c(SCc2c(C)noc2C)nnc1-c1ccccc1OC. The highest BCUT2D eigenvalue weighted by Crippen LogP contribution is 2.32. The van der Waals surface area contributed by atoms with Crippen molar-refractivity contribution < 1.29 is 9.26 Å². The first kappa shape index (κ1) is 16.6. The Kier molecular flexibility index (Phi) is 4.89. The number of benzene rings is 1. The number of thioether (sulfide) groups is 1. The lowest BCUT2D eigenvalue weighted by Crippen LogP contribution is -2.01. The van der Waals surface area contributed by atoms with Crippen LogP contribution < -0.4 is 4.74 Å². The fraction of sp³-hybridized carbons (Fsp3) is 0.353. The quantitative estimate of drug-likeness (QED) is 0.632. The summed E-state index contributed by atoms with van der Waals surface area (Å²) in [7, 11) is 1.67. The number of aromatic nitrogens is 4. The van der Waals surface area contributed by atoms with Crippen molar-refractivity contribution in [3.63, 3.8) is 0 Å². The summed E-state index contributed by atoms with van der Waals surface area (Å²) in [6, 6.07) is 7.85. The van der Waals surface area contributed by atoms with Gasteiger partial charge >= 0.3 is 0 Å². The van der Waals surface area contributed by atoms with E-state index in [-0.39, 0.29) is 0 Å². The van der Waals surface area contributed by atoms with Gasteiger partial charge < -0.3 is 13.8 Å². The third kappa shape index (κ3) is 3.03. The molecule has 0 aliphatic rings. The molecule has 24 heavy (non-hydrogen) atoms. The van der Waals surface area contributed by atoms with Crippen molar-refractivity contribution in [3.05, 3.63) is 41.3 Å². The number of ether oxygens (including phenoxy) is 1. The van der Waals surface area contributed by atoms with Crippen molar-refractivity contribution in [2.75, 3.05) is 7.11 Å². The van der Waals surface area contributed by atoms with Crippen LogP contribution in [0.5, 0.6) is 5.75 Å². The van der Waals surface area contributed by atoms with E-state index >= 15 is 0 Å². The van der Waals surface area contributed by atoms with Crippen molar-refractivity contribution in [1.29, 1.82) is 0 Å². The minimum atomic E-state index is 0.755. The van der Waals surface area contributed by atoms with Crippen molar-refractivity contribution in [3.8, 4) is 17.1 Å². The molecule has 0 atom stereocenters. The zero-order chi connectivity index (χ0) is 17.1. The Balaban J connectivity index is 1.90. The Hall–Kier alpha value is -2.28. The van der Waals surface area contributed by atoms with Gasteiger partial charge in [-0.15, -0.1) is 10.2 Å². The molecule has 2 heterocycles. The third-order valence-electron chi connectivity index (χ3n) is 3.91. The minimum Gasteiger partial charge on any atom is -0.496 e. The van der Waals surface area contributed by atoms with Crippen molar-refractivity contribution in [1.82, 2.24) is 19.9 Å². The number of aryl methyl sites for hydroxylation is 2. The average Bonchev–Trinajstić information content (AvgIpc) is 3.16. The minimum absolute atomic E-state index is 0.755. The first-order chi connectivity index (χ1) is 11.7. The zero-order valence-electron chi connectivity index (χ0n) is 14.2.